The van der Waals surface area contributed by atoms with E-state index in [1.807, 2.05) is 24.3 Å². The highest BCUT2D eigenvalue weighted by Gasteiger charge is 2.06. The summed E-state index contributed by atoms with van der Waals surface area (Å²) in [6, 6.07) is 10.1. The van der Waals surface area contributed by atoms with Gasteiger partial charge in [0, 0.05) is 11.8 Å². The molecule has 0 amide bonds. The van der Waals surface area contributed by atoms with Gasteiger partial charge in [-0.25, -0.2) is 0 Å². The molecule has 1 aromatic carbocycles. The highest BCUT2D eigenvalue weighted by Crippen LogP contribution is 2.28. The minimum Gasteiger partial charge on any atom is -0.496 e. The molecule has 0 fully saturated rings. The third-order valence-electron chi connectivity index (χ3n) is 2.80. The van der Waals surface area contributed by atoms with Crippen LogP contribution in [-0.2, 0) is 0 Å². The van der Waals surface area contributed by atoms with Crippen LogP contribution in [0.2, 0.25) is 0 Å². The number of aromatic nitrogens is 1. The summed E-state index contributed by atoms with van der Waals surface area (Å²) in [6.45, 7) is 4.15. The third-order valence-corrected chi connectivity index (χ3v) is 2.80. The molecule has 0 aliphatic heterocycles. The molecule has 16 heavy (non-hydrogen) atoms. The molecule has 0 N–H and O–H groups in total. The van der Waals surface area contributed by atoms with Crippen LogP contribution in [-0.4, -0.2) is 12.1 Å². The van der Waals surface area contributed by atoms with Gasteiger partial charge in [-0.05, 0) is 49.2 Å². The van der Waals surface area contributed by atoms with Crippen molar-refractivity contribution >= 4 is 0 Å². The third kappa shape index (κ3) is 1.91. The lowest BCUT2D eigenvalue weighted by Crippen LogP contribution is -1.92. The number of hydrogen-bond acceptors (Lipinski definition) is 2. The largest absolute Gasteiger partial charge is 0.496 e. The molecule has 2 nitrogen and oxygen atoms in total. The van der Waals surface area contributed by atoms with Crippen molar-refractivity contribution in [3.8, 4) is 17.0 Å². The van der Waals surface area contributed by atoms with Crippen molar-refractivity contribution in [2.24, 2.45) is 0 Å². The van der Waals surface area contributed by atoms with E-state index in [-0.39, 0.29) is 0 Å². The molecule has 0 saturated carbocycles. The molecule has 2 heteroatoms. The van der Waals surface area contributed by atoms with E-state index in [1.54, 1.807) is 13.3 Å². The van der Waals surface area contributed by atoms with Gasteiger partial charge in [0.15, 0.2) is 0 Å². The summed E-state index contributed by atoms with van der Waals surface area (Å²) >= 11 is 0. The Labute approximate surface area is 95.9 Å². The zero-order valence-corrected chi connectivity index (χ0v) is 9.82. The summed E-state index contributed by atoms with van der Waals surface area (Å²) in [4.78, 5) is 4.34. The number of nitrogens with zero attached hydrogens (tertiary/aromatic N) is 1. The quantitative estimate of drug-likeness (QED) is 0.763. The van der Waals surface area contributed by atoms with Crippen molar-refractivity contribution in [2.45, 2.75) is 13.8 Å². The van der Waals surface area contributed by atoms with Crippen molar-refractivity contribution < 1.29 is 4.74 Å². The predicted molar refractivity (Wildman–Crippen MR) is 65.7 cm³/mol. The first kappa shape index (κ1) is 10.7. The average Bonchev–Trinajstić information content (AvgIpc) is 2.33. The Morgan fingerprint density at radius 2 is 1.94 bits per heavy atom. The minimum atomic E-state index is 0.917. The van der Waals surface area contributed by atoms with Crippen LogP contribution in [0.1, 0.15) is 11.1 Å². The number of hydrogen-bond donors (Lipinski definition) is 0. The fourth-order valence-electron chi connectivity index (χ4n) is 1.72. The lowest BCUT2D eigenvalue weighted by atomic mass is 10.0. The van der Waals surface area contributed by atoms with Crippen LogP contribution in [0.15, 0.2) is 36.5 Å². The maximum absolute atomic E-state index is 5.36. The Balaban J connectivity index is 2.55. The summed E-state index contributed by atoms with van der Waals surface area (Å²) in [5.41, 5.74) is 4.48. The number of rotatable bonds is 2. The van der Waals surface area contributed by atoms with Crippen molar-refractivity contribution in [1.82, 2.24) is 4.98 Å². The SMILES string of the molecule is COc1cc(-c2ccccn2)cc(C)c1C. The normalized spacial score (nSPS) is 10.2. The predicted octanol–water partition coefficient (Wildman–Crippen LogP) is 3.37. The first-order chi connectivity index (χ1) is 7.72. The molecule has 1 aromatic heterocycles. The van der Waals surface area contributed by atoms with Crippen molar-refractivity contribution in [1.29, 1.82) is 0 Å². The summed E-state index contributed by atoms with van der Waals surface area (Å²) in [5, 5.41) is 0. The Hall–Kier alpha value is -1.83. The number of aryl methyl sites for hydroxylation is 1. The molecule has 0 radical (unpaired) electrons. The second kappa shape index (κ2) is 4.35. The fraction of sp³-hybridized carbons (Fsp3) is 0.214. The minimum absolute atomic E-state index is 0.917. The Morgan fingerprint density at radius 3 is 2.56 bits per heavy atom. The smallest absolute Gasteiger partial charge is 0.122 e. The van der Waals surface area contributed by atoms with Gasteiger partial charge in [0.2, 0.25) is 0 Å². The topological polar surface area (TPSA) is 22.1 Å². The van der Waals surface area contributed by atoms with Crippen molar-refractivity contribution in [3.05, 3.63) is 47.7 Å². The molecule has 0 aliphatic rings. The summed E-state index contributed by atoms with van der Waals surface area (Å²) in [5.74, 6) is 0.917. The molecule has 1 heterocycles. The number of methoxy groups -OCH3 is 1. The van der Waals surface area contributed by atoms with E-state index in [0.29, 0.717) is 0 Å². The van der Waals surface area contributed by atoms with Gasteiger partial charge >= 0.3 is 0 Å². The van der Waals surface area contributed by atoms with Gasteiger partial charge in [-0.3, -0.25) is 4.98 Å². The lowest BCUT2D eigenvalue weighted by Gasteiger charge is -2.10. The number of pyridine rings is 1. The molecule has 2 rings (SSSR count). The standard InChI is InChI=1S/C14H15NO/c1-10-8-12(9-14(16-3)11(10)2)13-6-4-5-7-15-13/h4-9H,1-3H3. The zero-order valence-electron chi connectivity index (χ0n) is 9.82. The molecule has 0 saturated heterocycles. The molecule has 0 atom stereocenters. The first-order valence-corrected chi connectivity index (χ1v) is 5.29. The van der Waals surface area contributed by atoms with Crippen LogP contribution in [0.4, 0.5) is 0 Å². The second-order valence-electron chi connectivity index (χ2n) is 3.84. The van der Waals surface area contributed by atoms with Gasteiger partial charge < -0.3 is 4.74 Å². The molecule has 0 aliphatic carbocycles. The monoisotopic (exact) mass is 213 g/mol. The summed E-state index contributed by atoms with van der Waals surface area (Å²) < 4.78 is 5.36. The van der Waals surface area contributed by atoms with Gasteiger partial charge in [-0.1, -0.05) is 6.07 Å². The van der Waals surface area contributed by atoms with Crippen LogP contribution in [0.5, 0.6) is 5.75 Å². The average molecular weight is 213 g/mol. The van der Waals surface area contributed by atoms with Gasteiger partial charge in [0.25, 0.3) is 0 Å². The lowest BCUT2D eigenvalue weighted by molar-refractivity contribution is 0.411. The van der Waals surface area contributed by atoms with E-state index in [4.69, 9.17) is 4.74 Å². The van der Waals surface area contributed by atoms with E-state index in [0.717, 1.165) is 17.0 Å². The summed E-state index contributed by atoms with van der Waals surface area (Å²) in [7, 11) is 1.70. The second-order valence-corrected chi connectivity index (χ2v) is 3.84. The van der Waals surface area contributed by atoms with E-state index >= 15 is 0 Å². The van der Waals surface area contributed by atoms with Gasteiger partial charge in [0.1, 0.15) is 5.75 Å². The molecule has 2 aromatic rings. The van der Waals surface area contributed by atoms with Gasteiger partial charge in [-0.2, -0.15) is 0 Å². The van der Waals surface area contributed by atoms with Gasteiger partial charge in [0.05, 0.1) is 12.8 Å². The van der Waals surface area contributed by atoms with Crippen LogP contribution >= 0.6 is 0 Å². The maximum atomic E-state index is 5.36. The fourth-order valence-corrected chi connectivity index (χ4v) is 1.72. The maximum Gasteiger partial charge on any atom is 0.122 e. The molecule has 0 unspecified atom stereocenters. The zero-order chi connectivity index (χ0) is 11.5. The Bertz CT molecular complexity index is 492. The van der Waals surface area contributed by atoms with Crippen molar-refractivity contribution in [3.63, 3.8) is 0 Å². The Kier molecular flexibility index (Phi) is 2.91. The van der Waals surface area contributed by atoms with E-state index in [2.05, 4.69) is 24.9 Å². The number of ether oxygens (including phenoxy) is 1. The van der Waals surface area contributed by atoms with E-state index < -0.39 is 0 Å². The number of benzene rings is 1. The van der Waals surface area contributed by atoms with Crippen LogP contribution in [0.3, 0.4) is 0 Å². The van der Waals surface area contributed by atoms with E-state index in [9.17, 15) is 0 Å². The van der Waals surface area contributed by atoms with Crippen LogP contribution < -0.4 is 4.74 Å². The first-order valence-electron chi connectivity index (χ1n) is 5.29. The molecule has 82 valence electrons. The van der Waals surface area contributed by atoms with Crippen LogP contribution in [0.25, 0.3) is 11.3 Å². The van der Waals surface area contributed by atoms with E-state index in [1.165, 1.54) is 11.1 Å². The summed E-state index contributed by atoms with van der Waals surface area (Å²) in [6.07, 6.45) is 1.80. The molecule has 0 bridgehead atoms. The Morgan fingerprint density at radius 1 is 1.12 bits per heavy atom. The van der Waals surface area contributed by atoms with Gasteiger partial charge in [-0.15, -0.1) is 0 Å². The van der Waals surface area contributed by atoms with Crippen LogP contribution in [0, 0.1) is 13.8 Å². The van der Waals surface area contributed by atoms with Crippen molar-refractivity contribution in [2.75, 3.05) is 7.11 Å². The highest BCUT2D eigenvalue weighted by atomic mass is 16.5. The molecular formula is C14H15NO. The highest BCUT2D eigenvalue weighted by molar-refractivity contribution is 5.64. The molecule has 0 spiro atoms. The molecular weight excluding hydrogens is 198 g/mol.